The van der Waals surface area contributed by atoms with Crippen LogP contribution in [0.15, 0.2) is 30.3 Å². The van der Waals surface area contributed by atoms with Gasteiger partial charge in [-0.1, -0.05) is 44.2 Å². The van der Waals surface area contributed by atoms with E-state index in [-0.39, 0.29) is 25.9 Å². The van der Waals surface area contributed by atoms with Gasteiger partial charge in [0.25, 0.3) is 5.91 Å². The second kappa shape index (κ2) is 19.5. The molecule has 0 aliphatic heterocycles. The van der Waals surface area contributed by atoms with Crippen molar-refractivity contribution in [3.8, 4) is 0 Å². The lowest BCUT2D eigenvalue weighted by molar-refractivity contribution is -0.155. The standard InChI is InChI=1S/C27H42N8O8/c1-16(2)24(34-26(41)20(32-21(37)13-29)12-18-8-5-4-6-9-18)27(42)33-19(10-7-11-28)25(40)31-14-22(38)30-15-23(39)35-43-17(3)36/h4-6,8-9,16,19-20,24H,7,10-15,28-29H2,1-3H3,(H,30,38)(H,31,40)(H,32,37)(H,33,42)(H,34,41)(H,35,39). The lowest BCUT2D eigenvalue weighted by atomic mass is 10.00. The zero-order chi connectivity index (χ0) is 32.4. The van der Waals surface area contributed by atoms with Gasteiger partial charge in [0, 0.05) is 13.3 Å². The molecule has 10 N–H and O–H groups in total. The monoisotopic (exact) mass is 606 g/mol. The Morgan fingerprint density at radius 3 is 2.00 bits per heavy atom. The lowest BCUT2D eigenvalue weighted by Crippen LogP contribution is -2.59. The summed E-state index contributed by atoms with van der Waals surface area (Å²) in [5.41, 5.74) is 13.6. The molecule has 238 valence electrons. The minimum atomic E-state index is -1.09. The molecule has 3 unspecified atom stereocenters. The predicted octanol–water partition coefficient (Wildman–Crippen LogP) is -3.14. The molecule has 0 heterocycles. The number of nitrogens with two attached hydrogens (primary N) is 2. The fourth-order valence-electron chi connectivity index (χ4n) is 3.65. The number of nitrogens with one attached hydrogen (secondary N) is 6. The van der Waals surface area contributed by atoms with Crippen LogP contribution in [-0.2, 0) is 44.8 Å². The van der Waals surface area contributed by atoms with Crippen molar-refractivity contribution in [1.29, 1.82) is 0 Å². The minimum Gasteiger partial charge on any atom is -0.345 e. The van der Waals surface area contributed by atoms with Crippen LogP contribution < -0.4 is 43.5 Å². The normalized spacial score (nSPS) is 12.6. The van der Waals surface area contributed by atoms with E-state index in [9.17, 15) is 33.6 Å². The number of carbonyl (C=O) groups excluding carboxylic acids is 7. The molecule has 0 aliphatic rings. The first-order valence-electron chi connectivity index (χ1n) is 13.7. The van der Waals surface area contributed by atoms with Crippen LogP contribution in [-0.4, -0.2) is 85.7 Å². The van der Waals surface area contributed by atoms with E-state index in [1.165, 1.54) is 0 Å². The van der Waals surface area contributed by atoms with Crippen LogP contribution in [0.3, 0.4) is 0 Å². The van der Waals surface area contributed by atoms with Crippen LogP contribution in [0.1, 0.15) is 39.2 Å². The van der Waals surface area contributed by atoms with E-state index < -0.39 is 78.5 Å². The van der Waals surface area contributed by atoms with Gasteiger partial charge in [-0.3, -0.25) is 33.6 Å². The summed E-state index contributed by atoms with van der Waals surface area (Å²) in [4.78, 5) is 90.0. The summed E-state index contributed by atoms with van der Waals surface area (Å²) in [5, 5.41) is 12.5. The number of hydrogen-bond acceptors (Lipinski definition) is 10. The highest BCUT2D eigenvalue weighted by molar-refractivity contribution is 5.95. The van der Waals surface area contributed by atoms with Crippen LogP contribution in [0.5, 0.6) is 0 Å². The molecule has 0 bridgehead atoms. The fourth-order valence-corrected chi connectivity index (χ4v) is 3.65. The molecule has 16 heteroatoms. The minimum absolute atomic E-state index is 0.141. The Balaban J connectivity index is 2.87. The molecule has 16 nitrogen and oxygen atoms in total. The Bertz CT molecular complexity index is 1120. The topological polar surface area (TPSA) is 253 Å². The number of benzene rings is 1. The van der Waals surface area contributed by atoms with Crippen molar-refractivity contribution >= 4 is 41.4 Å². The molecule has 0 saturated carbocycles. The second-order valence-electron chi connectivity index (χ2n) is 9.85. The van der Waals surface area contributed by atoms with Crippen molar-refractivity contribution in [2.24, 2.45) is 17.4 Å². The largest absolute Gasteiger partial charge is 0.345 e. The molecule has 0 spiro atoms. The van der Waals surface area contributed by atoms with Gasteiger partial charge in [-0.25, -0.2) is 0 Å². The first-order valence-corrected chi connectivity index (χ1v) is 13.7. The SMILES string of the molecule is CC(=O)ONC(=O)CNC(=O)CNC(=O)C(CCCN)NC(=O)C(NC(=O)C(Cc1ccccc1)NC(=O)CN)C(C)C. The highest BCUT2D eigenvalue weighted by atomic mass is 16.7. The van der Waals surface area contributed by atoms with Crippen LogP contribution >= 0.6 is 0 Å². The van der Waals surface area contributed by atoms with Crippen molar-refractivity contribution in [3.63, 3.8) is 0 Å². The summed E-state index contributed by atoms with van der Waals surface area (Å²) < 4.78 is 0. The molecule has 0 aromatic heterocycles. The van der Waals surface area contributed by atoms with Crippen LogP contribution in [0, 0.1) is 5.92 Å². The highest BCUT2D eigenvalue weighted by Gasteiger charge is 2.31. The molecule has 1 aromatic rings. The molecule has 0 radical (unpaired) electrons. The first kappa shape index (κ1) is 36.5. The first-order chi connectivity index (χ1) is 20.4. The Labute approximate surface area is 249 Å². The molecule has 0 aliphatic carbocycles. The predicted molar refractivity (Wildman–Crippen MR) is 154 cm³/mol. The van der Waals surface area contributed by atoms with E-state index in [4.69, 9.17) is 11.5 Å². The third-order valence-electron chi connectivity index (χ3n) is 5.87. The Hall–Kier alpha value is -4.57. The highest BCUT2D eigenvalue weighted by Crippen LogP contribution is 2.08. The van der Waals surface area contributed by atoms with E-state index in [0.717, 1.165) is 12.5 Å². The van der Waals surface area contributed by atoms with Crippen molar-refractivity contribution in [2.45, 2.75) is 58.2 Å². The van der Waals surface area contributed by atoms with E-state index in [1.807, 2.05) is 11.5 Å². The van der Waals surface area contributed by atoms with Crippen molar-refractivity contribution in [3.05, 3.63) is 35.9 Å². The summed E-state index contributed by atoms with van der Waals surface area (Å²) in [6.07, 6.45) is 0.659. The van der Waals surface area contributed by atoms with Crippen molar-refractivity contribution in [2.75, 3.05) is 26.2 Å². The summed E-state index contributed by atoms with van der Waals surface area (Å²) in [5.74, 6) is -5.17. The summed E-state index contributed by atoms with van der Waals surface area (Å²) in [6, 6.07) is 5.79. The summed E-state index contributed by atoms with van der Waals surface area (Å²) >= 11 is 0. The summed E-state index contributed by atoms with van der Waals surface area (Å²) in [6.45, 7) is 3.35. The third kappa shape index (κ3) is 14.8. The van der Waals surface area contributed by atoms with Gasteiger partial charge in [0.05, 0.1) is 19.6 Å². The van der Waals surface area contributed by atoms with Gasteiger partial charge in [-0.2, -0.15) is 5.48 Å². The number of hydrogen-bond donors (Lipinski definition) is 8. The number of amides is 6. The maximum absolute atomic E-state index is 13.3. The molecule has 3 atom stereocenters. The van der Waals surface area contributed by atoms with Crippen LogP contribution in [0.25, 0.3) is 0 Å². The number of rotatable bonds is 17. The number of hydroxylamine groups is 1. The molecule has 0 saturated heterocycles. The Morgan fingerprint density at radius 1 is 0.767 bits per heavy atom. The zero-order valence-corrected chi connectivity index (χ0v) is 24.6. The average molecular weight is 607 g/mol. The fraction of sp³-hybridized carbons (Fsp3) is 0.519. The maximum atomic E-state index is 13.3. The van der Waals surface area contributed by atoms with Crippen LogP contribution in [0.2, 0.25) is 0 Å². The van der Waals surface area contributed by atoms with E-state index in [0.29, 0.717) is 6.42 Å². The zero-order valence-electron chi connectivity index (χ0n) is 24.6. The molecule has 6 amide bonds. The lowest BCUT2D eigenvalue weighted by Gasteiger charge is -2.27. The molecular formula is C27H42N8O8. The van der Waals surface area contributed by atoms with E-state index in [1.54, 1.807) is 38.1 Å². The van der Waals surface area contributed by atoms with Gasteiger partial charge in [0.2, 0.25) is 29.5 Å². The second-order valence-corrected chi connectivity index (χ2v) is 9.85. The smallest absolute Gasteiger partial charge is 0.329 e. The molecular weight excluding hydrogens is 564 g/mol. The molecule has 1 rings (SSSR count). The van der Waals surface area contributed by atoms with Crippen molar-refractivity contribution < 1.29 is 38.4 Å². The molecule has 1 aromatic carbocycles. The Morgan fingerprint density at radius 2 is 1.42 bits per heavy atom. The van der Waals surface area contributed by atoms with Gasteiger partial charge in [-0.05, 0) is 30.9 Å². The van der Waals surface area contributed by atoms with E-state index >= 15 is 0 Å². The summed E-state index contributed by atoms with van der Waals surface area (Å²) in [7, 11) is 0. The molecule has 43 heavy (non-hydrogen) atoms. The van der Waals surface area contributed by atoms with Gasteiger partial charge >= 0.3 is 5.97 Å². The average Bonchev–Trinajstić information content (AvgIpc) is 2.98. The molecule has 0 fully saturated rings. The van der Waals surface area contributed by atoms with Crippen molar-refractivity contribution in [1.82, 2.24) is 32.1 Å². The Kier molecular flexibility index (Phi) is 16.6. The van der Waals surface area contributed by atoms with Gasteiger partial charge < -0.3 is 42.9 Å². The quantitative estimate of drug-likeness (QED) is 0.0827. The van der Waals surface area contributed by atoms with Gasteiger partial charge in [0.1, 0.15) is 18.1 Å². The van der Waals surface area contributed by atoms with Gasteiger partial charge in [-0.15, -0.1) is 0 Å². The van der Waals surface area contributed by atoms with Gasteiger partial charge in [0.15, 0.2) is 0 Å². The number of carbonyl (C=O) groups is 7. The van der Waals surface area contributed by atoms with E-state index in [2.05, 4.69) is 31.4 Å². The third-order valence-corrected chi connectivity index (χ3v) is 5.87. The maximum Gasteiger partial charge on any atom is 0.329 e. The van der Waals surface area contributed by atoms with Crippen LogP contribution in [0.4, 0.5) is 0 Å².